The molecule has 3 nitrogen and oxygen atoms in total. The summed E-state index contributed by atoms with van der Waals surface area (Å²) in [4.78, 5) is 13.6. The van der Waals surface area contributed by atoms with Gasteiger partial charge in [-0.3, -0.25) is 4.79 Å². The van der Waals surface area contributed by atoms with E-state index in [1.807, 2.05) is 59.2 Å². The number of hydrogen-bond acceptors (Lipinski definition) is 2. The summed E-state index contributed by atoms with van der Waals surface area (Å²) < 4.78 is 7.64. The van der Waals surface area contributed by atoms with Crippen molar-refractivity contribution in [1.29, 1.82) is 0 Å². The van der Waals surface area contributed by atoms with Crippen LogP contribution in [0, 0.1) is 6.92 Å². The van der Waals surface area contributed by atoms with Crippen LogP contribution in [-0.4, -0.2) is 11.7 Å². The van der Waals surface area contributed by atoms with Gasteiger partial charge in [-0.1, -0.05) is 91.0 Å². The van der Waals surface area contributed by atoms with Gasteiger partial charge in [-0.05, 0) is 46.0 Å². The summed E-state index contributed by atoms with van der Waals surface area (Å²) >= 11 is 0. The summed E-state index contributed by atoms with van der Waals surface area (Å²) in [6.45, 7) is 2.61. The largest absolute Gasteiger partial charge is 0.496 e. The molecule has 1 heterocycles. The molecule has 33 heavy (non-hydrogen) atoms. The Bertz CT molecular complexity index is 1490. The van der Waals surface area contributed by atoms with Crippen LogP contribution in [0.3, 0.4) is 0 Å². The molecule has 5 rings (SSSR count). The third-order valence-electron chi connectivity index (χ3n) is 6.17. The van der Waals surface area contributed by atoms with Gasteiger partial charge >= 0.3 is 0 Å². The third kappa shape index (κ3) is 3.83. The first-order chi connectivity index (χ1) is 16.2. The molecule has 0 fully saturated rings. The lowest BCUT2D eigenvalue weighted by Crippen LogP contribution is -2.23. The molecule has 3 heteroatoms. The minimum Gasteiger partial charge on any atom is -0.496 e. The van der Waals surface area contributed by atoms with Crippen molar-refractivity contribution in [2.75, 3.05) is 7.11 Å². The predicted molar refractivity (Wildman–Crippen MR) is 136 cm³/mol. The quantitative estimate of drug-likeness (QED) is 0.310. The normalized spacial score (nSPS) is 11.0. The van der Waals surface area contributed by atoms with Crippen LogP contribution in [0.25, 0.3) is 33.2 Å². The summed E-state index contributed by atoms with van der Waals surface area (Å²) in [5.41, 5.74) is 5.90. The highest BCUT2D eigenvalue weighted by atomic mass is 16.5. The molecule has 0 atom stereocenters. The van der Waals surface area contributed by atoms with Crippen LogP contribution in [0.2, 0.25) is 0 Å². The Morgan fingerprint density at radius 3 is 2.18 bits per heavy atom. The summed E-state index contributed by atoms with van der Waals surface area (Å²) in [6, 6.07) is 34.3. The molecule has 0 aliphatic heterocycles. The van der Waals surface area contributed by atoms with Crippen LogP contribution >= 0.6 is 0 Å². The molecule has 0 radical (unpaired) electrons. The van der Waals surface area contributed by atoms with E-state index in [1.54, 1.807) is 13.2 Å². The molecule has 4 aromatic carbocycles. The summed E-state index contributed by atoms with van der Waals surface area (Å²) in [5, 5.41) is 2.18. The lowest BCUT2D eigenvalue weighted by Gasteiger charge is -2.21. The van der Waals surface area contributed by atoms with Crippen molar-refractivity contribution in [1.82, 2.24) is 4.57 Å². The van der Waals surface area contributed by atoms with E-state index in [0.717, 1.165) is 50.0 Å². The van der Waals surface area contributed by atoms with Crippen molar-refractivity contribution in [3.8, 4) is 28.1 Å². The third-order valence-corrected chi connectivity index (χ3v) is 6.17. The maximum absolute atomic E-state index is 13.6. The van der Waals surface area contributed by atoms with Gasteiger partial charge in [0.1, 0.15) is 5.75 Å². The molecule has 0 saturated carbocycles. The van der Waals surface area contributed by atoms with Crippen LogP contribution in [0.15, 0.2) is 108 Å². The monoisotopic (exact) mass is 431 g/mol. The van der Waals surface area contributed by atoms with Crippen molar-refractivity contribution in [3.05, 3.63) is 125 Å². The Morgan fingerprint density at radius 2 is 1.45 bits per heavy atom. The Kier molecular flexibility index (Phi) is 5.54. The number of rotatable bonds is 5. The van der Waals surface area contributed by atoms with Crippen molar-refractivity contribution >= 4 is 10.8 Å². The molecule has 0 unspecified atom stereocenters. The number of ether oxygens (including phenoxy) is 1. The first-order valence-corrected chi connectivity index (χ1v) is 11.1. The predicted octanol–water partition coefficient (Wildman–Crippen LogP) is 6.70. The summed E-state index contributed by atoms with van der Waals surface area (Å²) in [7, 11) is 1.68. The highest BCUT2D eigenvalue weighted by Gasteiger charge is 2.20. The van der Waals surface area contributed by atoms with Gasteiger partial charge in [-0.2, -0.15) is 0 Å². The lowest BCUT2D eigenvalue weighted by atomic mass is 9.92. The van der Waals surface area contributed by atoms with Gasteiger partial charge in [0.2, 0.25) is 0 Å². The standard InChI is InChI=1S/C30H25NO2/c1-21-26(29-25-16-10-9-13-23(25)17-18-27(29)33-2)19-28(32)31(20-22-11-5-3-6-12-22)30(21)24-14-7-4-8-15-24/h3-19H,20H2,1-2H3. The van der Waals surface area contributed by atoms with Crippen molar-refractivity contribution < 1.29 is 4.74 Å². The first kappa shape index (κ1) is 20.8. The first-order valence-electron chi connectivity index (χ1n) is 11.1. The lowest BCUT2D eigenvalue weighted by molar-refractivity contribution is 0.417. The summed E-state index contributed by atoms with van der Waals surface area (Å²) in [5.74, 6) is 0.760. The van der Waals surface area contributed by atoms with Gasteiger partial charge in [-0.15, -0.1) is 0 Å². The fraction of sp³-hybridized carbons (Fsp3) is 0.100. The van der Waals surface area contributed by atoms with Crippen LogP contribution in [0.4, 0.5) is 0 Å². The van der Waals surface area contributed by atoms with E-state index in [2.05, 4.69) is 49.4 Å². The van der Waals surface area contributed by atoms with Gasteiger partial charge in [0.25, 0.3) is 5.56 Å². The second-order valence-electron chi connectivity index (χ2n) is 8.17. The zero-order valence-electron chi connectivity index (χ0n) is 18.8. The zero-order valence-corrected chi connectivity index (χ0v) is 18.8. The molecule has 0 N–H and O–H groups in total. The fourth-order valence-corrected chi connectivity index (χ4v) is 4.60. The number of methoxy groups -OCH3 is 1. The SMILES string of the molecule is COc1ccc2ccccc2c1-c1cc(=O)n(Cc2ccccc2)c(-c2ccccc2)c1C. The number of hydrogen-bond donors (Lipinski definition) is 0. The van der Waals surface area contributed by atoms with E-state index in [-0.39, 0.29) is 5.56 Å². The molecule has 0 amide bonds. The highest BCUT2D eigenvalue weighted by Crippen LogP contribution is 2.40. The van der Waals surface area contributed by atoms with E-state index >= 15 is 0 Å². The Morgan fingerprint density at radius 1 is 0.788 bits per heavy atom. The van der Waals surface area contributed by atoms with E-state index in [1.165, 1.54) is 0 Å². The minimum absolute atomic E-state index is 0.0340. The van der Waals surface area contributed by atoms with E-state index < -0.39 is 0 Å². The van der Waals surface area contributed by atoms with E-state index in [9.17, 15) is 4.79 Å². The molecular weight excluding hydrogens is 406 g/mol. The fourth-order valence-electron chi connectivity index (χ4n) is 4.60. The molecular formula is C30H25NO2. The molecule has 162 valence electrons. The molecule has 0 bridgehead atoms. The van der Waals surface area contributed by atoms with Crippen molar-refractivity contribution in [3.63, 3.8) is 0 Å². The number of fused-ring (bicyclic) bond motifs is 1. The molecule has 1 aromatic heterocycles. The minimum atomic E-state index is -0.0340. The average Bonchev–Trinajstić information content (AvgIpc) is 2.87. The zero-order chi connectivity index (χ0) is 22.8. The molecule has 0 spiro atoms. The van der Waals surface area contributed by atoms with Crippen molar-refractivity contribution in [2.24, 2.45) is 0 Å². The summed E-state index contributed by atoms with van der Waals surface area (Å²) in [6.07, 6.45) is 0. The van der Waals surface area contributed by atoms with E-state index in [4.69, 9.17) is 4.74 Å². The van der Waals surface area contributed by atoms with Gasteiger partial charge in [0, 0.05) is 11.6 Å². The second-order valence-corrected chi connectivity index (χ2v) is 8.17. The van der Waals surface area contributed by atoms with Gasteiger partial charge in [0.15, 0.2) is 0 Å². The van der Waals surface area contributed by atoms with Gasteiger partial charge in [0.05, 0.1) is 19.3 Å². The van der Waals surface area contributed by atoms with Gasteiger partial charge in [-0.25, -0.2) is 0 Å². The number of benzene rings is 4. The molecule has 5 aromatic rings. The highest BCUT2D eigenvalue weighted by molar-refractivity contribution is 6.01. The average molecular weight is 432 g/mol. The van der Waals surface area contributed by atoms with Crippen molar-refractivity contribution in [2.45, 2.75) is 13.5 Å². The van der Waals surface area contributed by atoms with Crippen LogP contribution < -0.4 is 10.3 Å². The van der Waals surface area contributed by atoms with Crippen LogP contribution in [0.5, 0.6) is 5.75 Å². The Labute approximate surface area is 193 Å². The molecule has 0 saturated heterocycles. The smallest absolute Gasteiger partial charge is 0.251 e. The number of pyridine rings is 1. The Balaban J connectivity index is 1.83. The maximum Gasteiger partial charge on any atom is 0.251 e. The topological polar surface area (TPSA) is 31.2 Å². The van der Waals surface area contributed by atoms with Gasteiger partial charge < -0.3 is 9.30 Å². The van der Waals surface area contributed by atoms with Crippen LogP contribution in [-0.2, 0) is 6.54 Å². The number of aromatic nitrogens is 1. The van der Waals surface area contributed by atoms with Crippen LogP contribution in [0.1, 0.15) is 11.1 Å². The Hall–Kier alpha value is -4.11. The second kappa shape index (κ2) is 8.79. The molecule has 0 aliphatic rings. The van der Waals surface area contributed by atoms with E-state index in [0.29, 0.717) is 6.54 Å². The number of nitrogens with zero attached hydrogens (tertiary/aromatic N) is 1. The molecule has 0 aliphatic carbocycles. The maximum atomic E-state index is 13.6.